The summed E-state index contributed by atoms with van der Waals surface area (Å²) in [6, 6.07) is 15.0. The molecule has 1 N–H and O–H groups in total. The highest BCUT2D eigenvalue weighted by Gasteiger charge is 2.48. The number of imide groups is 2. The van der Waals surface area contributed by atoms with Crippen molar-refractivity contribution in [3.8, 4) is 0 Å². The molecule has 31 heavy (non-hydrogen) atoms. The molecule has 3 aromatic rings. The molecule has 0 bridgehead atoms. The van der Waals surface area contributed by atoms with Crippen LogP contribution in [-0.2, 0) is 0 Å². The summed E-state index contributed by atoms with van der Waals surface area (Å²) in [5.74, 6) is -3.40. The number of nitrogens with one attached hydrogen (secondary N) is 1. The van der Waals surface area contributed by atoms with Crippen molar-refractivity contribution in [1.29, 1.82) is 0 Å². The van der Waals surface area contributed by atoms with Gasteiger partial charge in [-0.15, -0.1) is 0 Å². The fourth-order valence-corrected chi connectivity index (χ4v) is 3.53. The van der Waals surface area contributed by atoms with Crippen LogP contribution in [0.4, 0.5) is 5.82 Å². The first-order chi connectivity index (χ1) is 15.0. The van der Waals surface area contributed by atoms with Crippen LogP contribution in [0.2, 0.25) is 0 Å². The summed E-state index contributed by atoms with van der Waals surface area (Å²) < 4.78 is 0. The number of hydrazine groups is 1. The first-order valence-electron chi connectivity index (χ1n) is 9.20. The standard InChI is InChI=1S/C22H12N4O5/c27-18(24-17-7-3-4-10-23-17)12-8-9-15-16(11-12)22(31)26(21(15)30)25-19(28)13-5-1-2-6-14(13)20(25)29/h1-11H,(H,23,24,27). The molecule has 150 valence electrons. The maximum atomic E-state index is 13.0. The van der Waals surface area contributed by atoms with Crippen LogP contribution in [0.25, 0.3) is 0 Å². The molecule has 2 aliphatic rings. The summed E-state index contributed by atoms with van der Waals surface area (Å²) in [6.45, 7) is 0. The molecule has 0 spiro atoms. The van der Waals surface area contributed by atoms with Gasteiger partial charge in [-0.05, 0) is 42.5 Å². The molecule has 0 unspecified atom stereocenters. The number of pyridine rings is 1. The third-order valence-electron chi connectivity index (χ3n) is 5.01. The largest absolute Gasteiger partial charge is 0.307 e. The van der Waals surface area contributed by atoms with Gasteiger partial charge in [0.05, 0.1) is 22.3 Å². The number of hydrogen-bond acceptors (Lipinski definition) is 6. The van der Waals surface area contributed by atoms with Gasteiger partial charge < -0.3 is 5.32 Å². The number of nitrogens with zero attached hydrogens (tertiary/aromatic N) is 3. The second-order valence-corrected chi connectivity index (χ2v) is 6.82. The molecule has 9 nitrogen and oxygen atoms in total. The molecule has 9 heteroatoms. The summed E-state index contributed by atoms with van der Waals surface area (Å²) in [7, 11) is 0. The van der Waals surface area contributed by atoms with Gasteiger partial charge in [-0.2, -0.15) is 10.0 Å². The van der Waals surface area contributed by atoms with Crippen molar-refractivity contribution in [3.05, 3.63) is 94.7 Å². The smallest absolute Gasteiger partial charge is 0.281 e. The molecule has 5 rings (SSSR count). The van der Waals surface area contributed by atoms with E-state index in [9.17, 15) is 24.0 Å². The van der Waals surface area contributed by atoms with E-state index in [0.717, 1.165) is 0 Å². The Morgan fingerprint density at radius 1 is 0.677 bits per heavy atom. The second-order valence-electron chi connectivity index (χ2n) is 6.82. The summed E-state index contributed by atoms with van der Waals surface area (Å²) in [6.07, 6.45) is 1.51. The van der Waals surface area contributed by atoms with Crippen LogP contribution in [0.5, 0.6) is 0 Å². The number of fused-ring (bicyclic) bond motifs is 2. The van der Waals surface area contributed by atoms with Gasteiger partial charge in [0.2, 0.25) is 0 Å². The van der Waals surface area contributed by atoms with Crippen molar-refractivity contribution in [2.75, 3.05) is 5.32 Å². The van der Waals surface area contributed by atoms with Gasteiger partial charge in [0, 0.05) is 11.8 Å². The van der Waals surface area contributed by atoms with Crippen molar-refractivity contribution in [2.45, 2.75) is 0 Å². The summed E-state index contributed by atoms with van der Waals surface area (Å²) in [5.41, 5.74) is 0.264. The minimum atomic E-state index is -0.859. The number of amides is 5. The van der Waals surface area contributed by atoms with Gasteiger partial charge in [0.1, 0.15) is 5.82 Å². The Balaban J connectivity index is 1.46. The van der Waals surface area contributed by atoms with Gasteiger partial charge in [-0.25, -0.2) is 4.98 Å². The minimum absolute atomic E-state index is 0.00376. The highest BCUT2D eigenvalue weighted by atomic mass is 16.2. The summed E-state index contributed by atoms with van der Waals surface area (Å²) >= 11 is 0. The van der Waals surface area contributed by atoms with E-state index in [1.807, 2.05) is 0 Å². The van der Waals surface area contributed by atoms with Crippen LogP contribution in [-0.4, -0.2) is 44.5 Å². The maximum absolute atomic E-state index is 13.0. The van der Waals surface area contributed by atoms with E-state index in [1.54, 1.807) is 30.3 Å². The predicted molar refractivity (Wildman–Crippen MR) is 106 cm³/mol. The Bertz CT molecular complexity index is 1280. The Labute approximate surface area is 174 Å². The number of carbonyl (C=O) groups is 5. The molecule has 0 saturated heterocycles. The van der Waals surface area contributed by atoms with Gasteiger partial charge in [0.25, 0.3) is 29.5 Å². The lowest BCUT2D eigenvalue weighted by molar-refractivity contribution is 0.00845. The second kappa shape index (κ2) is 6.70. The quantitative estimate of drug-likeness (QED) is 0.659. The Hall–Kier alpha value is -4.66. The van der Waals surface area contributed by atoms with Gasteiger partial charge in [0.15, 0.2) is 0 Å². The number of rotatable bonds is 3. The fourth-order valence-electron chi connectivity index (χ4n) is 3.53. The van der Waals surface area contributed by atoms with E-state index in [0.29, 0.717) is 15.8 Å². The Morgan fingerprint density at radius 3 is 1.81 bits per heavy atom. The average molecular weight is 412 g/mol. The summed E-state index contributed by atoms with van der Waals surface area (Å²) in [4.78, 5) is 67.8. The first kappa shape index (κ1) is 18.4. The highest BCUT2D eigenvalue weighted by molar-refractivity contribution is 6.28. The van der Waals surface area contributed by atoms with Crippen LogP contribution >= 0.6 is 0 Å². The van der Waals surface area contributed by atoms with Gasteiger partial charge in [-0.1, -0.05) is 18.2 Å². The Kier molecular flexibility index (Phi) is 3.97. The lowest BCUT2D eigenvalue weighted by atomic mass is 10.1. The van der Waals surface area contributed by atoms with Crippen molar-refractivity contribution in [3.63, 3.8) is 0 Å². The molecule has 2 aromatic carbocycles. The van der Waals surface area contributed by atoms with Crippen LogP contribution < -0.4 is 5.32 Å². The molecule has 0 fully saturated rings. The molecule has 3 heterocycles. The lowest BCUT2D eigenvalue weighted by Crippen LogP contribution is -2.49. The van der Waals surface area contributed by atoms with Crippen molar-refractivity contribution in [2.24, 2.45) is 0 Å². The zero-order chi connectivity index (χ0) is 21.7. The zero-order valence-electron chi connectivity index (χ0n) is 15.7. The number of benzene rings is 2. The maximum Gasteiger partial charge on any atom is 0.281 e. The molecular weight excluding hydrogens is 400 g/mol. The number of carbonyl (C=O) groups excluding carboxylic acids is 5. The van der Waals surface area contributed by atoms with Crippen molar-refractivity contribution >= 4 is 35.4 Å². The third-order valence-corrected chi connectivity index (χ3v) is 5.01. The normalized spacial score (nSPS) is 14.7. The zero-order valence-corrected chi connectivity index (χ0v) is 15.7. The van der Waals surface area contributed by atoms with Crippen LogP contribution in [0.3, 0.4) is 0 Å². The average Bonchev–Trinajstić information content (AvgIpc) is 3.18. The van der Waals surface area contributed by atoms with E-state index in [1.165, 1.54) is 36.5 Å². The number of hydrogen-bond donors (Lipinski definition) is 1. The lowest BCUT2D eigenvalue weighted by Gasteiger charge is -2.23. The molecule has 0 radical (unpaired) electrons. The molecule has 0 saturated carbocycles. The van der Waals surface area contributed by atoms with E-state index in [4.69, 9.17) is 0 Å². The molecule has 5 amide bonds. The van der Waals surface area contributed by atoms with Crippen LogP contribution in [0.15, 0.2) is 66.9 Å². The molecule has 2 aliphatic heterocycles. The predicted octanol–water partition coefficient (Wildman–Crippen LogP) is 2.14. The number of aromatic nitrogens is 1. The van der Waals surface area contributed by atoms with Crippen molar-refractivity contribution < 1.29 is 24.0 Å². The van der Waals surface area contributed by atoms with E-state index < -0.39 is 29.5 Å². The van der Waals surface area contributed by atoms with E-state index in [-0.39, 0.29) is 27.8 Å². The molecular formula is C22H12N4O5. The van der Waals surface area contributed by atoms with Crippen LogP contribution in [0.1, 0.15) is 51.8 Å². The van der Waals surface area contributed by atoms with Crippen molar-refractivity contribution in [1.82, 2.24) is 15.0 Å². The molecule has 0 atom stereocenters. The van der Waals surface area contributed by atoms with Gasteiger partial charge >= 0.3 is 0 Å². The molecule has 0 aliphatic carbocycles. The molecule has 1 aromatic heterocycles. The monoisotopic (exact) mass is 412 g/mol. The van der Waals surface area contributed by atoms with E-state index in [2.05, 4.69) is 10.3 Å². The van der Waals surface area contributed by atoms with E-state index >= 15 is 0 Å². The first-order valence-corrected chi connectivity index (χ1v) is 9.20. The Morgan fingerprint density at radius 2 is 1.23 bits per heavy atom. The van der Waals surface area contributed by atoms with Crippen LogP contribution in [0, 0.1) is 0 Å². The number of anilines is 1. The highest BCUT2D eigenvalue weighted by Crippen LogP contribution is 2.31. The minimum Gasteiger partial charge on any atom is -0.307 e. The fraction of sp³-hybridized carbons (Fsp3) is 0. The topological polar surface area (TPSA) is 117 Å². The SMILES string of the molecule is O=C(Nc1ccccn1)c1ccc2c(c1)C(=O)N(N1C(=O)c3ccccc3C1=O)C2=O. The summed E-state index contributed by atoms with van der Waals surface area (Å²) in [5, 5.41) is 3.66. The van der Waals surface area contributed by atoms with Gasteiger partial charge in [-0.3, -0.25) is 24.0 Å². The third kappa shape index (κ3) is 2.71.